The van der Waals surface area contributed by atoms with E-state index in [0.29, 0.717) is 12.0 Å². The van der Waals surface area contributed by atoms with E-state index in [1.165, 1.54) is 31.4 Å². The molecule has 0 saturated heterocycles. The Labute approximate surface area is 85.3 Å². The van der Waals surface area contributed by atoms with Crippen LogP contribution in [0.5, 0.6) is 0 Å². The first-order valence-corrected chi connectivity index (χ1v) is 5.52. The van der Waals surface area contributed by atoms with E-state index < -0.39 is 0 Å². The van der Waals surface area contributed by atoms with Crippen molar-refractivity contribution < 1.29 is 0 Å². The van der Waals surface area contributed by atoms with Gasteiger partial charge >= 0.3 is 0 Å². The van der Waals surface area contributed by atoms with Gasteiger partial charge in [-0.1, -0.05) is 19.3 Å². The SMILES string of the molecule is Cn1nccc1C1CCCCCC1N. The summed E-state index contributed by atoms with van der Waals surface area (Å²) in [6, 6.07) is 2.43. The Hall–Kier alpha value is -0.830. The van der Waals surface area contributed by atoms with Gasteiger partial charge in [0.1, 0.15) is 0 Å². The first-order chi connectivity index (χ1) is 6.79. The van der Waals surface area contributed by atoms with Crippen molar-refractivity contribution in [1.82, 2.24) is 9.78 Å². The predicted octanol–water partition coefficient (Wildman–Crippen LogP) is 1.80. The number of nitrogens with zero attached hydrogens (tertiary/aromatic N) is 2. The van der Waals surface area contributed by atoms with Gasteiger partial charge < -0.3 is 5.73 Å². The van der Waals surface area contributed by atoms with Gasteiger partial charge in [-0.25, -0.2) is 0 Å². The second-order valence-corrected chi connectivity index (χ2v) is 4.29. The maximum absolute atomic E-state index is 6.20. The van der Waals surface area contributed by atoms with Crippen LogP contribution in [-0.2, 0) is 7.05 Å². The molecule has 2 rings (SSSR count). The van der Waals surface area contributed by atoms with E-state index in [-0.39, 0.29) is 0 Å². The van der Waals surface area contributed by atoms with E-state index in [1.54, 1.807) is 0 Å². The molecule has 0 aromatic carbocycles. The lowest BCUT2D eigenvalue weighted by Gasteiger charge is -2.21. The van der Waals surface area contributed by atoms with Crippen molar-refractivity contribution in [3.05, 3.63) is 18.0 Å². The van der Waals surface area contributed by atoms with Crippen LogP contribution in [0, 0.1) is 0 Å². The van der Waals surface area contributed by atoms with Crippen LogP contribution in [0.15, 0.2) is 12.3 Å². The zero-order valence-corrected chi connectivity index (χ0v) is 8.82. The Kier molecular flexibility index (Phi) is 2.87. The smallest absolute Gasteiger partial charge is 0.0492 e. The van der Waals surface area contributed by atoms with E-state index >= 15 is 0 Å². The molecule has 14 heavy (non-hydrogen) atoms. The lowest BCUT2D eigenvalue weighted by molar-refractivity contribution is 0.475. The summed E-state index contributed by atoms with van der Waals surface area (Å²) in [6.45, 7) is 0. The minimum absolute atomic E-state index is 0.327. The van der Waals surface area contributed by atoms with Crippen LogP contribution in [0.25, 0.3) is 0 Å². The number of hydrogen-bond acceptors (Lipinski definition) is 2. The maximum atomic E-state index is 6.20. The molecule has 1 heterocycles. The van der Waals surface area contributed by atoms with Crippen LogP contribution < -0.4 is 5.73 Å². The van der Waals surface area contributed by atoms with Crippen molar-refractivity contribution in [1.29, 1.82) is 0 Å². The third-order valence-corrected chi connectivity index (χ3v) is 3.31. The topological polar surface area (TPSA) is 43.8 Å². The summed E-state index contributed by atoms with van der Waals surface area (Å²) >= 11 is 0. The first-order valence-electron chi connectivity index (χ1n) is 5.52. The van der Waals surface area contributed by atoms with Crippen LogP contribution in [0.4, 0.5) is 0 Å². The number of rotatable bonds is 1. The first kappa shape index (κ1) is 9.71. The molecule has 1 saturated carbocycles. The highest BCUT2D eigenvalue weighted by Crippen LogP contribution is 2.30. The molecule has 0 bridgehead atoms. The van der Waals surface area contributed by atoms with Crippen LogP contribution in [0.2, 0.25) is 0 Å². The van der Waals surface area contributed by atoms with Gasteiger partial charge in [0.15, 0.2) is 0 Å². The molecule has 0 radical (unpaired) electrons. The molecule has 1 aromatic heterocycles. The molecule has 0 amide bonds. The second kappa shape index (κ2) is 4.13. The highest BCUT2D eigenvalue weighted by atomic mass is 15.3. The summed E-state index contributed by atoms with van der Waals surface area (Å²) in [4.78, 5) is 0. The minimum Gasteiger partial charge on any atom is -0.327 e. The summed E-state index contributed by atoms with van der Waals surface area (Å²) < 4.78 is 1.97. The normalized spacial score (nSPS) is 28.7. The van der Waals surface area contributed by atoms with Crippen molar-refractivity contribution in [2.45, 2.75) is 44.1 Å². The molecule has 1 aliphatic rings. The zero-order chi connectivity index (χ0) is 9.97. The van der Waals surface area contributed by atoms with Gasteiger partial charge in [0.25, 0.3) is 0 Å². The lowest BCUT2D eigenvalue weighted by Crippen LogP contribution is -2.28. The molecule has 1 aliphatic carbocycles. The Morgan fingerprint density at radius 2 is 2.14 bits per heavy atom. The lowest BCUT2D eigenvalue weighted by atomic mass is 9.92. The Morgan fingerprint density at radius 1 is 1.36 bits per heavy atom. The van der Waals surface area contributed by atoms with E-state index in [4.69, 9.17) is 5.73 Å². The van der Waals surface area contributed by atoms with Crippen molar-refractivity contribution in [2.24, 2.45) is 12.8 Å². The van der Waals surface area contributed by atoms with Gasteiger partial charge in [0.05, 0.1) is 0 Å². The van der Waals surface area contributed by atoms with Crippen molar-refractivity contribution >= 4 is 0 Å². The molecule has 1 aromatic rings. The molecule has 0 aliphatic heterocycles. The summed E-state index contributed by atoms with van der Waals surface area (Å²) in [5.41, 5.74) is 7.50. The molecule has 2 N–H and O–H groups in total. The Morgan fingerprint density at radius 3 is 2.86 bits per heavy atom. The third-order valence-electron chi connectivity index (χ3n) is 3.31. The summed E-state index contributed by atoms with van der Waals surface area (Å²) in [5.74, 6) is 0.519. The van der Waals surface area contributed by atoms with E-state index in [0.717, 1.165) is 6.42 Å². The molecular weight excluding hydrogens is 174 g/mol. The average molecular weight is 193 g/mol. The molecular formula is C11H19N3. The van der Waals surface area contributed by atoms with Gasteiger partial charge in [-0.2, -0.15) is 5.10 Å². The quantitative estimate of drug-likeness (QED) is 0.691. The van der Waals surface area contributed by atoms with Crippen molar-refractivity contribution in [2.75, 3.05) is 0 Å². The number of aryl methyl sites for hydroxylation is 1. The molecule has 78 valence electrons. The number of nitrogens with two attached hydrogens (primary N) is 1. The molecule has 3 heteroatoms. The van der Waals surface area contributed by atoms with Gasteiger partial charge in [0.2, 0.25) is 0 Å². The van der Waals surface area contributed by atoms with Crippen molar-refractivity contribution in [3.8, 4) is 0 Å². The van der Waals surface area contributed by atoms with Crippen molar-refractivity contribution in [3.63, 3.8) is 0 Å². The summed E-state index contributed by atoms with van der Waals surface area (Å²) in [6.07, 6.45) is 8.19. The second-order valence-electron chi connectivity index (χ2n) is 4.29. The molecule has 2 unspecified atom stereocenters. The van der Waals surface area contributed by atoms with Crippen LogP contribution in [0.3, 0.4) is 0 Å². The van der Waals surface area contributed by atoms with Gasteiger partial charge in [-0.15, -0.1) is 0 Å². The van der Waals surface area contributed by atoms with Gasteiger partial charge in [-0.3, -0.25) is 4.68 Å². The van der Waals surface area contributed by atoms with Crippen LogP contribution >= 0.6 is 0 Å². The fraction of sp³-hybridized carbons (Fsp3) is 0.727. The summed E-state index contributed by atoms with van der Waals surface area (Å²) in [7, 11) is 2.01. The monoisotopic (exact) mass is 193 g/mol. The largest absolute Gasteiger partial charge is 0.327 e. The minimum atomic E-state index is 0.327. The van der Waals surface area contributed by atoms with Crippen LogP contribution in [0.1, 0.15) is 43.7 Å². The number of hydrogen-bond donors (Lipinski definition) is 1. The Balaban J connectivity index is 2.19. The Bertz CT molecular complexity index is 292. The van der Waals surface area contributed by atoms with E-state index in [2.05, 4.69) is 11.2 Å². The number of aromatic nitrogens is 2. The highest BCUT2D eigenvalue weighted by molar-refractivity contribution is 5.11. The maximum Gasteiger partial charge on any atom is 0.0492 e. The van der Waals surface area contributed by atoms with Gasteiger partial charge in [0, 0.05) is 30.9 Å². The van der Waals surface area contributed by atoms with E-state index in [9.17, 15) is 0 Å². The molecule has 0 spiro atoms. The molecule has 2 atom stereocenters. The average Bonchev–Trinajstić information content (AvgIpc) is 2.46. The van der Waals surface area contributed by atoms with E-state index in [1.807, 2.05) is 17.9 Å². The highest BCUT2D eigenvalue weighted by Gasteiger charge is 2.23. The summed E-state index contributed by atoms with van der Waals surface area (Å²) in [5, 5.41) is 4.22. The molecule has 1 fully saturated rings. The zero-order valence-electron chi connectivity index (χ0n) is 8.82. The van der Waals surface area contributed by atoms with Crippen LogP contribution in [-0.4, -0.2) is 15.8 Å². The fourth-order valence-corrected chi connectivity index (χ4v) is 2.45. The molecule has 3 nitrogen and oxygen atoms in total. The fourth-order valence-electron chi connectivity index (χ4n) is 2.45. The van der Waals surface area contributed by atoms with Gasteiger partial charge in [-0.05, 0) is 18.9 Å². The predicted molar refractivity (Wildman–Crippen MR) is 57.0 cm³/mol. The standard InChI is InChI=1S/C11H19N3/c1-14-11(7-8-13-14)9-5-3-2-4-6-10(9)12/h7-10H,2-6,12H2,1H3. The third kappa shape index (κ3) is 1.82.